The van der Waals surface area contributed by atoms with Crippen molar-refractivity contribution in [2.75, 3.05) is 11.9 Å². The van der Waals surface area contributed by atoms with Crippen LogP contribution in [0.2, 0.25) is 0 Å². The molecule has 0 atom stereocenters. The number of rotatable bonds is 5. The molecule has 0 aliphatic heterocycles. The van der Waals surface area contributed by atoms with E-state index in [1.54, 1.807) is 18.2 Å². The second-order valence-electron chi connectivity index (χ2n) is 4.92. The number of carbonyl (C=O) groups is 1. The first-order valence-corrected chi connectivity index (χ1v) is 7.00. The van der Waals surface area contributed by atoms with Gasteiger partial charge in [-0.2, -0.15) is 0 Å². The van der Waals surface area contributed by atoms with Crippen LogP contribution in [0.4, 0.5) is 5.82 Å². The lowest BCUT2D eigenvalue weighted by Crippen LogP contribution is -2.07. The van der Waals surface area contributed by atoms with Crippen molar-refractivity contribution in [3.63, 3.8) is 0 Å². The van der Waals surface area contributed by atoms with E-state index in [2.05, 4.69) is 27.4 Å². The Balaban J connectivity index is 0.00000192. The van der Waals surface area contributed by atoms with Crippen LogP contribution in [0.25, 0.3) is 10.9 Å². The Hall–Kier alpha value is -2.66. The quantitative estimate of drug-likeness (QED) is 0.750. The first-order chi connectivity index (χ1) is 10.7. The molecule has 0 aliphatic rings. The Morgan fingerprint density at radius 3 is 2.61 bits per heavy atom. The van der Waals surface area contributed by atoms with Crippen LogP contribution in [0.15, 0.2) is 54.9 Å². The summed E-state index contributed by atoms with van der Waals surface area (Å²) >= 11 is 0. The fraction of sp³-hybridized carbons (Fsp3) is 0.118. The van der Waals surface area contributed by atoms with Gasteiger partial charge in [0.15, 0.2) is 0 Å². The van der Waals surface area contributed by atoms with Crippen LogP contribution in [0.5, 0.6) is 0 Å². The number of aromatic carboxylic acids is 1. The van der Waals surface area contributed by atoms with Crippen LogP contribution in [-0.4, -0.2) is 27.6 Å². The summed E-state index contributed by atoms with van der Waals surface area (Å²) in [6, 6.07) is 15.1. The first kappa shape index (κ1) is 16.7. The van der Waals surface area contributed by atoms with Crippen LogP contribution in [0.3, 0.4) is 0 Å². The fourth-order valence-electron chi connectivity index (χ4n) is 2.30. The molecule has 3 aromatic rings. The van der Waals surface area contributed by atoms with Crippen LogP contribution >= 0.6 is 12.4 Å². The van der Waals surface area contributed by atoms with E-state index in [1.165, 1.54) is 11.9 Å². The molecule has 0 spiro atoms. The third kappa shape index (κ3) is 3.96. The highest BCUT2D eigenvalue weighted by atomic mass is 35.5. The minimum Gasteiger partial charge on any atom is -0.478 e. The lowest BCUT2D eigenvalue weighted by atomic mass is 10.1. The molecule has 2 aromatic carbocycles. The van der Waals surface area contributed by atoms with Gasteiger partial charge in [0.05, 0.1) is 11.1 Å². The molecule has 2 N–H and O–H groups in total. The van der Waals surface area contributed by atoms with Gasteiger partial charge in [-0.05, 0) is 30.2 Å². The van der Waals surface area contributed by atoms with Crippen LogP contribution in [0.1, 0.15) is 15.9 Å². The van der Waals surface area contributed by atoms with Gasteiger partial charge in [-0.3, -0.25) is 0 Å². The monoisotopic (exact) mass is 329 g/mol. The minimum absolute atomic E-state index is 0. The molecular formula is C17H16ClN3O2. The largest absolute Gasteiger partial charge is 0.478 e. The average Bonchev–Trinajstić information content (AvgIpc) is 2.55. The van der Waals surface area contributed by atoms with E-state index >= 15 is 0 Å². The van der Waals surface area contributed by atoms with E-state index in [4.69, 9.17) is 5.11 Å². The molecule has 0 saturated carbocycles. The predicted molar refractivity (Wildman–Crippen MR) is 92.4 cm³/mol. The van der Waals surface area contributed by atoms with Crippen molar-refractivity contribution in [1.29, 1.82) is 0 Å². The Kier molecular flexibility index (Phi) is 5.49. The van der Waals surface area contributed by atoms with Gasteiger partial charge < -0.3 is 10.4 Å². The van der Waals surface area contributed by atoms with Crippen molar-refractivity contribution in [3.8, 4) is 0 Å². The lowest BCUT2D eigenvalue weighted by molar-refractivity contribution is 0.0697. The second kappa shape index (κ2) is 7.56. The molecule has 3 rings (SSSR count). The SMILES string of the molecule is Cl.O=C(O)c1ccc2c(NCCc3ccccc3)ncnc2c1. The highest BCUT2D eigenvalue weighted by Gasteiger charge is 2.07. The molecule has 0 fully saturated rings. The van der Waals surface area contributed by atoms with Crippen LogP contribution < -0.4 is 5.32 Å². The molecule has 1 aromatic heterocycles. The zero-order valence-corrected chi connectivity index (χ0v) is 13.1. The normalized spacial score (nSPS) is 10.1. The van der Waals surface area contributed by atoms with Crippen molar-refractivity contribution in [1.82, 2.24) is 9.97 Å². The van der Waals surface area contributed by atoms with E-state index in [-0.39, 0.29) is 18.0 Å². The van der Waals surface area contributed by atoms with Crippen molar-refractivity contribution >= 4 is 35.1 Å². The van der Waals surface area contributed by atoms with Gasteiger partial charge in [0.25, 0.3) is 0 Å². The summed E-state index contributed by atoms with van der Waals surface area (Å²) in [5, 5.41) is 13.1. The molecule has 118 valence electrons. The topological polar surface area (TPSA) is 75.1 Å². The number of anilines is 1. The van der Waals surface area contributed by atoms with E-state index in [0.29, 0.717) is 5.52 Å². The van der Waals surface area contributed by atoms with Gasteiger partial charge >= 0.3 is 5.97 Å². The number of hydrogen-bond donors (Lipinski definition) is 2. The molecule has 5 nitrogen and oxygen atoms in total. The molecule has 1 heterocycles. The molecule has 0 aliphatic carbocycles. The van der Waals surface area contributed by atoms with Gasteiger partial charge in [0, 0.05) is 11.9 Å². The highest BCUT2D eigenvalue weighted by molar-refractivity contribution is 5.96. The Morgan fingerprint density at radius 1 is 1.09 bits per heavy atom. The van der Waals surface area contributed by atoms with Gasteiger partial charge in [0.1, 0.15) is 12.1 Å². The van der Waals surface area contributed by atoms with Gasteiger partial charge in [-0.25, -0.2) is 14.8 Å². The maximum Gasteiger partial charge on any atom is 0.335 e. The van der Waals surface area contributed by atoms with Crippen LogP contribution in [0, 0.1) is 0 Å². The van der Waals surface area contributed by atoms with Crippen molar-refractivity contribution < 1.29 is 9.90 Å². The molecular weight excluding hydrogens is 314 g/mol. The number of aromatic nitrogens is 2. The lowest BCUT2D eigenvalue weighted by Gasteiger charge is -2.08. The predicted octanol–water partition coefficient (Wildman–Crippen LogP) is 3.40. The molecule has 0 saturated heterocycles. The standard InChI is InChI=1S/C17H15N3O2.ClH/c21-17(22)13-6-7-14-15(10-13)19-11-20-16(14)18-9-8-12-4-2-1-3-5-12;/h1-7,10-11H,8-9H2,(H,21,22)(H,18,19,20);1H. The highest BCUT2D eigenvalue weighted by Crippen LogP contribution is 2.20. The van der Waals surface area contributed by atoms with Gasteiger partial charge in [-0.1, -0.05) is 30.3 Å². The third-order valence-electron chi connectivity index (χ3n) is 3.43. The fourth-order valence-corrected chi connectivity index (χ4v) is 2.30. The molecule has 0 radical (unpaired) electrons. The van der Waals surface area contributed by atoms with Crippen molar-refractivity contribution in [2.45, 2.75) is 6.42 Å². The summed E-state index contributed by atoms with van der Waals surface area (Å²) in [5.74, 6) is -0.239. The smallest absolute Gasteiger partial charge is 0.335 e. The third-order valence-corrected chi connectivity index (χ3v) is 3.43. The Labute approximate surface area is 139 Å². The van der Waals surface area contributed by atoms with Crippen molar-refractivity contribution in [3.05, 3.63) is 66.0 Å². The minimum atomic E-state index is -0.959. The van der Waals surface area contributed by atoms with Gasteiger partial charge in [0.2, 0.25) is 0 Å². The number of hydrogen-bond acceptors (Lipinski definition) is 4. The number of nitrogens with zero attached hydrogens (tertiary/aromatic N) is 2. The average molecular weight is 330 g/mol. The summed E-state index contributed by atoms with van der Waals surface area (Å²) in [6.45, 7) is 0.747. The Bertz CT molecular complexity index is 809. The van der Waals surface area contributed by atoms with Crippen molar-refractivity contribution in [2.24, 2.45) is 0 Å². The molecule has 0 amide bonds. The second-order valence-corrected chi connectivity index (χ2v) is 4.92. The van der Waals surface area contributed by atoms with Gasteiger partial charge in [-0.15, -0.1) is 12.4 Å². The zero-order chi connectivity index (χ0) is 15.4. The summed E-state index contributed by atoms with van der Waals surface area (Å²) in [5.41, 5.74) is 2.10. The molecule has 6 heteroatoms. The maximum atomic E-state index is 11.0. The summed E-state index contributed by atoms with van der Waals surface area (Å²) < 4.78 is 0. The summed E-state index contributed by atoms with van der Waals surface area (Å²) in [4.78, 5) is 19.4. The maximum absolute atomic E-state index is 11.0. The molecule has 23 heavy (non-hydrogen) atoms. The van der Waals surface area contributed by atoms with E-state index in [0.717, 1.165) is 24.2 Å². The van der Waals surface area contributed by atoms with E-state index in [9.17, 15) is 4.79 Å². The summed E-state index contributed by atoms with van der Waals surface area (Å²) in [6.07, 6.45) is 2.33. The Morgan fingerprint density at radius 2 is 1.87 bits per heavy atom. The number of halogens is 1. The summed E-state index contributed by atoms with van der Waals surface area (Å²) in [7, 11) is 0. The van der Waals surface area contributed by atoms with Crippen LogP contribution in [-0.2, 0) is 6.42 Å². The molecule has 0 bridgehead atoms. The number of benzene rings is 2. The van der Waals surface area contributed by atoms with E-state index in [1.807, 2.05) is 18.2 Å². The number of nitrogens with one attached hydrogen (secondary N) is 1. The first-order valence-electron chi connectivity index (χ1n) is 7.00. The number of carboxylic acid groups (broad SMARTS) is 1. The molecule has 0 unspecified atom stereocenters. The number of carboxylic acids is 1. The van der Waals surface area contributed by atoms with E-state index < -0.39 is 5.97 Å². The zero-order valence-electron chi connectivity index (χ0n) is 12.3. The number of fused-ring (bicyclic) bond motifs is 1.